The van der Waals surface area contributed by atoms with Crippen molar-refractivity contribution in [2.24, 2.45) is 0 Å². The molecule has 33 heavy (non-hydrogen) atoms. The second-order valence-electron chi connectivity index (χ2n) is 6.90. The summed E-state index contributed by atoms with van der Waals surface area (Å²) in [4.78, 5) is 25.2. The molecule has 1 atom stereocenters. The van der Waals surface area contributed by atoms with Gasteiger partial charge in [0.05, 0.1) is 19.5 Å². The van der Waals surface area contributed by atoms with E-state index in [1.807, 2.05) is 12.1 Å². The molecule has 0 aliphatic carbocycles. The minimum Gasteiger partial charge on any atom is -0.497 e. The van der Waals surface area contributed by atoms with Gasteiger partial charge >= 0.3 is 0 Å². The molecule has 0 saturated heterocycles. The van der Waals surface area contributed by atoms with Gasteiger partial charge in [-0.2, -0.15) is 0 Å². The van der Waals surface area contributed by atoms with E-state index in [9.17, 15) is 14.7 Å². The van der Waals surface area contributed by atoms with Crippen molar-refractivity contribution in [1.29, 1.82) is 0 Å². The first kappa shape index (κ1) is 24.7. The summed E-state index contributed by atoms with van der Waals surface area (Å²) in [5, 5.41) is 21.6. The Hall–Kier alpha value is -2.95. The number of halogens is 1. The molecule has 2 aromatic carbocycles. The minimum absolute atomic E-state index is 0.0475. The van der Waals surface area contributed by atoms with Gasteiger partial charge in [0.15, 0.2) is 16.8 Å². The SMILES string of the molecule is C=CCn1c(SCC(=O)c2ccc(Br)cc2)nnc1[C@H](CO)NC(=O)c1ccc(OC)cc1. The van der Waals surface area contributed by atoms with E-state index in [1.54, 1.807) is 54.2 Å². The first-order valence-corrected chi connectivity index (χ1v) is 11.8. The lowest BCUT2D eigenvalue weighted by molar-refractivity contribution is 0.0911. The van der Waals surface area contributed by atoms with Crippen LogP contribution in [0.2, 0.25) is 0 Å². The van der Waals surface area contributed by atoms with Crippen molar-refractivity contribution in [1.82, 2.24) is 20.1 Å². The third-order valence-corrected chi connectivity index (χ3v) is 6.20. The Bertz CT molecular complexity index is 1120. The normalized spacial score (nSPS) is 11.6. The van der Waals surface area contributed by atoms with Crippen LogP contribution in [0.3, 0.4) is 0 Å². The number of aliphatic hydroxyl groups is 1. The molecule has 0 spiro atoms. The molecule has 0 saturated carbocycles. The van der Waals surface area contributed by atoms with Crippen LogP contribution in [0.4, 0.5) is 0 Å². The molecular weight excluding hydrogens is 508 g/mol. The van der Waals surface area contributed by atoms with E-state index in [2.05, 4.69) is 38.0 Å². The van der Waals surface area contributed by atoms with Gasteiger partial charge in [0.25, 0.3) is 5.91 Å². The third-order valence-electron chi connectivity index (χ3n) is 4.71. The fourth-order valence-electron chi connectivity index (χ4n) is 2.99. The number of aliphatic hydroxyl groups excluding tert-OH is 1. The molecule has 8 nitrogen and oxygen atoms in total. The van der Waals surface area contributed by atoms with Crippen LogP contribution in [-0.2, 0) is 6.54 Å². The molecule has 2 N–H and O–H groups in total. The molecule has 172 valence electrons. The van der Waals surface area contributed by atoms with Crippen LogP contribution >= 0.6 is 27.7 Å². The average Bonchev–Trinajstić information content (AvgIpc) is 3.23. The number of hydrogen-bond acceptors (Lipinski definition) is 7. The van der Waals surface area contributed by atoms with Crippen LogP contribution in [0.25, 0.3) is 0 Å². The number of Topliss-reactive ketones (excluding diaryl/α,β-unsaturated/α-hetero) is 1. The summed E-state index contributed by atoms with van der Waals surface area (Å²) in [5.41, 5.74) is 1.01. The maximum Gasteiger partial charge on any atom is 0.251 e. The molecule has 3 rings (SSSR count). The van der Waals surface area contributed by atoms with E-state index in [-0.39, 0.29) is 24.1 Å². The van der Waals surface area contributed by atoms with E-state index in [1.165, 1.54) is 11.8 Å². The Morgan fingerprint density at radius 2 is 1.85 bits per heavy atom. The monoisotopic (exact) mass is 530 g/mol. The van der Waals surface area contributed by atoms with Crippen LogP contribution in [0.5, 0.6) is 5.75 Å². The number of hydrogen-bond donors (Lipinski definition) is 2. The molecule has 0 radical (unpaired) electrons. The lowest BCUT2D eigenvalue weighted by atomic mass is 10.2. The van der Waals surface area contributed by atoms with Crippen molar-refractivity contribution in [2.45, 2.75) is 17.7 Å². The Labute approximate surface area is 204 Å². The summed E-state index contributed by atoms with van der Waals surface area (Å²) in [6.45, 7) is 3.74. The summed E-state index contributed by atoms with van der Waals surface area (Å²) in [5.74, 6) is 0.755. The molecule has 10 heteroatoms. The number of benzene rings is 2. The van der Waals surface area contributed by atoms with E-state index < -0.39 is 6.04 Å². The smallest absolute Gasteiger partial charge is 0.251 e. The molecule has 3 aromatic rings. The fourth-order valence-corrected chi connectivity index (χ4v) is 4.10. The van der Waals surface area contributed by atoms with Crippen LogP contribution in [-0.4, -0.2) is 51.0 Å². The number of aromatic nitrogens is 3. The summed E-state index contributed by atoms with van der Waals surface area (Å²) >= 11 is 4.59. The Morgan fingerprint density at radius 3 is 2.45 bits per heavy atom. The van der Waals surface area contributed by atoms with Gasteiger partial charge in [0, 0.05) is 22.1 Å². The summed E-state index contributed by atoms with van der Waals surface area (Å²) in [6.07, 6.45) is 1.66. The standard InChI is InChI=1S/C23H23BrN4O4S/c1-3-12-28-21(19(13-29)25-22(31)16-6-10-18(32-2)11-7-16)26-27-23(28)33-14-20(30)15-4-8-17(24)9-5-15/h3-11,19,29H,1,12-14H2,2H3,(H,25,31)/t19-/m0/s1. The van der Waals surface area contributed by atoms with Crippen molar-refractivity contribution >= 4 is 39.4 Å². The quantitative estimate of drug-likeness (QED) is 0.221. The van der Waals surface area contributed by atoms with Gasteiger partial charge in [-0.25, -0.2) is 0 Å². The molecule has 0 fully saturated rings. The highest BCUT2D eigenvalue weighted by Gasteiger charge is 2.23. The van der Waals surface area contributed by atoms with Crippen molar-refractivity contribution in [3.8, 4) is 5.75 Å². The van der Waals surface area contributed by atoms with Crippen molar-refractivity contribution in [2.75, 3.05) is 19.5 Å². The summed E-state index contributed by atoms with van der Waals surface area (Å²) in [6, 6.07) is 13.0. The van der Waals surface area contributed by atoms with Gasteiger partial charge in [-0.1, -0.05) is 45.9 Å². The Kier molecular flexibility index (Phi) is 8.81. The summed E-state index contributed by atoms with van der Waals surface area (Å²) < 4.78 is 7.73. The minimum atomic E-state index is -0.788. The zero-order valence-corrected chi connectivity index (χ0v) is 20.3. The second-order valence-corrected chi connectivity index (χ2v) is 8.75. The predicted molar refractivity (Wildman–Crippen MR) is 130 cm³/mol. The number of carbonyl (C=O) groups excluding carboxylic acids is 2. The van der Waals surface area contributed by atoms with Gasteiger partial charge < -0.3 is 19.7 Å². The van der Waals surface area contributed by atoms with E-state index in [4.69, 9.17) is 4.74 Å². The molecule has 0 aliphatic rings. The number of rotatable bonds is 11. The van der Waals surface area contributed by atoms with Crippen LogP contribution in [0.15, 0.2) is 70.8 Å². The molecule has 1 heterocycles. The zero-order valence-electron chi connectivity index (χ0n) is 17.9. The van der Waals surface area contributed by atoms with Gasteiger partial charge in [-0.05, 0) is 36.4 Å². The predicted octanol–water partition coefficient (Wildman–Crippen LogP) is 3.67. The number of nitrogens with zero attached hydrogens (tertiary/aromatic N) is 3. The molecule has 0 bridgehead atoms. The molecule has 0 unspecified atom stereocenters. The number of ketones is 1. The first-order valence-electron chi connectivity index (χ1n) is 9.98. The van der Waals surface area contributed by atoms with Crippen LogP contribution in [0, 0.1) is 0 Å². The van der Waals surface area contributed by atoms with Crippen molar-refractivity contribution in [3.05, 3.63) is 82.6 Å². The number of carbonyl (C=O) groups is 2. The van der Waals surface area contributed by atoms with Gasteiger partial charge in [-0.15, -0.1) is 16.8 Å². The number of amides is 1. The number of nitrogens with one attached hydrogen (secondary N) is 1. The first-order chi connectivity index (χ1) is 16.0. The van der Waals surface area contributed by atoms with Gasteiger partial charge in [0.1, 0.15) is 11.8 Å². The third kappa shape index (κ3) is 6.31. The van der Waals surface area contributed by atoms with E-state index in [0.29, 0.717) is 34.4 Å². The number of allylic oxidation sites excluding steroid dienone is 1. The summed E-state index contributed by atoms with van der Waals surface area (Å²) in [7, 11) is 1.55. The largest absolute Gasteiger partial charge is 0.497 e. The van der Waals surface area contributed by atoms with Crippen LogP contribution < -0.4 is 10.1 Å². The fraction of sp³-hybridized carbons (Fsp3) is 0.217. The van der Waals surface area contributed by atoms with Crippen molar-refractivity contribution in [3.63, 3.8) is 0 Å². The lowest BCUT2D eigenvalue weighted by Gasteiger charge is -2.17. The van der Waals surface area contributed by atoms with Crippen molar-refractivity contribution < 1.29 is 19.4 Å². The van der Waals surface area contributed by atoms with Gasteiger partial charge in [0.2, 0.25) is 0 Å². The number of ether oxygens (including phenoxy) is 1. The maximum atomic E-state index is 12.7. The van der Waals surface area contributed by atoms with Gasteiger partial charge in [-0.3, -0.25) is 9.59 Å². The second kappa shape index (κ2) is 11.8. The highest BCUT2D eigenvalue weighted by Crippen LogP contribution is 2.23. The maximum absolute atomic E-state index is 12.7. The van der Waals surface area contributed by atoms with E-state index >= 15 is 0 Å². The van der Waals surface area contributed by atoms with E-state index in [0.717, 1.165) is 4.47 Å². The molecule has 1 amide bonds. The Morgan fingerprint density at radius 1 is 1.18 bits per heavy atom. The average molecular weight is 531 g/mol. The highest BCUT2D eigenvalue weighted by atomic mass is 79.9. The molecular formula is C23H23BrN4O4S. The number of methoxy groups -OCH3 is 1. The topological polar surface area (TPSA) is 106 Å². The number of thioether (sulfide) groups is 1. The highest BCUT2D eigenvalue weighted by molar-refractivity contribution is 9.10. The zero-order chi connectivity index (χ0) is 23.8. The molecule has 0 aliphatic heterocycles. The Balaban J connectivity index is 1.74. The lowest BCUT2D eigenvalue weighted by Crippen LogP contribution is -2.33. The van der Waals surface area contributed by atoms with Crippen LogP contribution in [0.1, 0.15) is 32.6 Å². The molecule has 1 aromatic heterocycles.